The molecule has 4 rings (SSSR count). The summed E-state index contributed by atoms with van der Waals surface area (Å²) in [6, 6.07) is 7.19. The summed E-state index contributed by atoms with van der Waals surface area (Å²) in [6.45, 7) is 0.861. The average molecular weight is 415 g/mol. The first-order valence-corrected chi connectivity index (χ1v) is 11.7. The third kappa shape index (κ3) is 4.56. The molecular weight excluding hydrogens is 388 g/mol. The molecule has 0 bridgehead atoms. The SMILES string of the molecule is CNC1CCC(Cn2ncc3cnc(Nc4ccc(S(C)(=O)=O)cc4)nc32)CC1. The first-order valence-electron chi connectivity index (χ1n) is 9.85. The zero-order valence-corrected chi connectivity index (χ0v) is 17.5. The second-order valence-corrected chi connectivity index (χ2v) is 9.74. The Balaban J connectivity index is 1.49. The highest BCUT2D eigenvalue weighted by Crippen LogP contribution is 2.26. The van der Waals surface area contributed by atoms with E-state index in [4.69, 9.17) is 0 Å². The Bertz CT molecular complexity index is 1090. The molecule has 0 unspecified atom stereocenters. The summed E-state index contributed by atoms with van der Waals surface area (Å²) in [7, 11) is -1.18. The van der Waals surface area contributed by atoms with Gasteiger partial charge in [0.2, 0.25) is 5.95 Å². The van der Waals surface area contributed by atoms with E-state index in [1.165, 1.54) is 31.9 Å². The minimum Gasteiger partial charge on any atom is -0.324 e. The van der Waals surface area contributed by atoms with Crippen LogP contribution in [0.1, 0.15) is 25.7 Å². The average Bonchev–Trinajstić information content (AvgIpc) is 3.10. The molecule has 154 valence electrons. The quantitative estimate of drug-likeness (QED) is 0.639. The summed E-state index contributed by atoms with van der Waals surface area (Å²) in [5, 5.41) is 11.9. The van der Waals surface area contributed by atoms with Crippen molar-refractivity contribution in [2.75, 3.05) is 18.6 Å². The van der Waals surface area contributed by atoms with Crippen molar-refractivity contribution in [1.82, 2.24) is 25.1 Å². The fourth-order valence-electron chi connectivity index (χ4n) is 3.85. The zero-order chi connectivity index (χ0) is 20.4. The first kappa shape index (κ1) is 19.8. The normalized spacial score (nSPS) is 20.1. The van der Waals surface area contributed by atoms with Crippen LogP contribution in [0.3, 0.4) is 0 Å². The lowest BCUT2D eigenvalue weighted by atomic mass is 9.86. The van der Waals surface area contributed by atoms with Crippen LogP contribution in [-0.2, 0) is 16.4 Å². The van der Waals surface area contributed by atoms with Crippen molar-refractivity contribution in [3.63, 3.8) is 0 Å². The number of nitrogens with one attached hydrogen (secondary N) is 2. The fourth-order valence-corrected chi connectivity index (χ4v) is 4.48. The lowest BCUT2D eigenvalue weighted by Crippen LogP contribution is -2.31. The first-order chi connectivity index (χ1) is 13.9. The van der Waals surface area contributed by atoms with E-state index in [0.717, 1.165) is 23.3 Å². The van der Waals surface area contributed by atoms with Gasteiger partial charge in [0.25, 0.3) is 0 Å². The van der Waals surface area contributed by atoms with Gasteiger partial charge in [-0.05, 0) is 62.9 Å². The molecule has 0 amide bonds. The number of aromatic nitrogens is 4. The van der Waals surface area contributed by atoms with Gasteiger partial charge >= 0.3 is 0 Å². The van der Waals surface area contributed by atoms with Crippen LogP contribution in [0.15, 0.2) is 41.6 Å². The Morgan fingerprint density at radius 1 is 1.10 bits per heavy atom. The molecule has 0 aliphatic heterocycles. The summed E-state index contributed by atoms with van der Waals surface area (Å²) in [4.78, 5) is 9.28. The maximum absolute atomic E-state index is 11.6. The van der Waals surface area contributed by atoms with Crippen LogP contribution in [0.25, 0.3) is 11.0 Å². The van der Waals surface area contributed by atoms with Crippen LogP contribution in [0.4, 0.5) is 11.6 Å². The Kier molecular flexibility index (Phi) is 5.51. The van der Waals surface area contributed by atoms with E-state index in [2.05, 4.69) is 25.7 Å². The van der Waals surface area contributed by atoms with Crippen LogP contribution < -0.4 is 10.6 Å². The van der Waals surface area contributed by atoms with Crippen LogP contribution in [0.5, 0.6) is 0 Å². The van der Waals surface area contributed by atoms with Gasteiger partial charge in [0.15, 0.2) is 15.5 Å². The van der Waals surface area contributed by atoms with Crippen LogP contribution in [0.2, 0.25) is 0 Å². The molecule has 8 nitrogen and oxygen atoms in total. The number of sulfone groups is 1. The maximum atomic E-state index is 11.6. The number of anilines is 2. The van der Waals surface area contributed by atoms with E-state index in [0.29, 0.717) is 17.9 Å². The predicted molar refractivity (Wildman–Crippen MR) is 113 cm³/mol. The van der Waals surface area contributed by atoms with Crippen molar-refractivity contribution in [3.8, 4) is 0 Å². The Morgan fingerprint density at radius 2 is 1.83 bits per heavy atom. The summed E-state index contributed by atoms with van der Waals surface area (Å²) in [6.07, 6.45) is 9.54. The summed E-state index contributed by atoms with van der Waals surface area (Å²) < 4.78 is 25.2. The van der Waals surface area contributed by atoms with Gasteiger partial charge in [0.1, 0.15) is 0 Å². The van der Waals surface area contributed by atoms with Crippen molar-refractivity contribution in [2.24, 2.45) is 5.92 Å². The third-order valence-corrected chi connectivity index (χ3v) is 6.73. The topological polar surface area (TPSA) is 102 Å². The van der Waals surface area contributed by atoms with Gasteiger partial charge in [-0.1, -0.05) is 0 Å². The molecule has 0 saturated heterocycles. The molecule has 1 aliphatic carbocycles. The molecule has 2 N–H and O–H groups in total. The van der Waals surface area contributed by atoms with Crippen molar-refractivity contribution < 1.29 is 8.42 Å². The maximum Gasteiger partial charge on any atom is 0.229 e. The number of nitrogens with zero attached hydrogens (tertiary/aromatic N) is 4. The van der Waals surface area contributed by atoms with Crippen LogP contribution >= 0.6 is 0 Å². The van der Waals surface area contributed by atoms with Gasteiger partial charge in [-0.2, -0.15) is 10.1 Å². The highest BCUT2D eigenvalue weighted by atomic mass is 32.2. The van der Waals surface area contributed by atoms with Crippen molar-refractivity contribution in [3.05, 3.63) is 36.7 Å². The van der Waals surface area contributed by atoms with Crippen LogP contribution in [-0.4, -0.2) is 47.5 Å². The summed E-state index contributed by atoms with van der Waals surface area (Å²) >= 11 is 0. The fraction of sp³-hybridized carbons (Fsp3) is 0.450. The van der Waals surface area contributed by atoms with E-state index < -0.39 is 9.84 Å². The van der Waals surface area contributed by atoms with Gasteiger partial charge in [-0.25, -0.2) is 18.1 Å². The summed E-state index contributed by atoms with van der Waals surface area (Å²) in [5.41, 5.74) is 1.54. The second kappa shape index (κ2) is 8.08. The van der Waals surface area contributed by atoms with Gasteiger partial charge in [-0.3, -0.25) is 0 Å². The van der Waals surface area contributed by atoms with Crippen LogP contribution in [0, 0.1) is 5.92 Å². The smallest absolute Gasteiger partial charge is 0.229 e. The number of benzene rings is 1. The van der Waals surface area contributed by atoms with E-state index in [1.54, 1.807) is 36.7 Å². The molecule has 29 heavy (non-hydrogen) atoms. The van der Waals surface area contributed by atoms with Crippen molar-refractivity contribution in [2.45, 2.75) is 43.2 Å². The number of fused-ring (bicyclic) bond motifs is 1. The van der Waals surface area contributed by atoms with Gasteiger partial charge in [-0.15, -0.1) is 0 Å². The molecule has 9 heteroatoms. The molecule has 1 aliphatic rings. The van der Waals surface area contributed by atoms with Gasteiger partial charge < -0.3 is 10.6 Å². The zero-order valence-electron chi connectivity index (χ0n) is 16.7. The van der Waals surface area contributed by atoms with Gasteiger partial charge in [0, 0.05) is 30.7 Å². The molecule has 1 saturated carbocycles. The van der Waals surface area contributed by atoms with E-state index in [1.807, 2.05) is 11.7 Å². The highest BCUT2D eigenvalue weighted by molar-refractivity contribution is 7.90. The molecule has 1 fully saturated rings. The monoisotopic (exact) mass is 414 g/mol. The van der Waals surface area contributed by atoms with Crippen molar-refractivity contribution >= 4 is 32.5 Å². The molecule has 0 atom stereocenters. The molecule has 1 aromatic carbocycles. The lowest BCUT2D eigenvalue weighted by molar-refractivity contribution is 0.270. The van der Waals surface area contributed by atoms with E-state index in [-0.39, 0.29) is 4.90 Å². The number of hydrogen-bond donors (Lipinski definition) is 2. The largest absolute Gasteiger partial charge is 0.324 e. The third-order valence-electron chi connectivity index (χ3n) is 5.60. The Morgan fingerprint density at radius 3 is 2.48 bits per heavy atom. The molecule has 3 aromatic rings. The minimum atomic E-state index is -3.21. The second-order valence-electron chi connectivity index (χ2n) is 7.73. The lowest BCUT2D eigenvalue weighted by Gasteiger charge is -2.28. The molecule has 0 spiro atoms. The Labute approximate surface area is 170 Å². The summed E-state index contributed by atoms with van der Waals surface area (Å²) in [5.74, 6) is 1.07. The molecule has 0 radical (unpaired) electrons. The van der Waals surface area contributed by atoms with Gasteiger partial charge in [0.05, 0.1) is 16.5 Å². The standard InChI is InChI=1S/C20H26N6O2S/c1-21-16-5-3-14(4-6-16)13-26-19-15(12-23-26)11-22-20(25-19)24-17-7-9-18(10-8-17)29(2,27)28/h7-12,14,16,21H,3-6,13H2,1-2H3,(H,22,24,25). The number of hydrogen-bond acceptors (Lipinski definition) is 7. The molecule has 2 heterocycles. The van der Waals surface area contributed by atoms with Crippen molar-refractivity contribution in [1.29, 1.82) is 0 Å². The highest BCUT2D eigenvalue weighted by Gasteiger charge is 2.21. The van der Waals surface area contributed by atoms with E-state index in [9.17, 15) is 8.42 Å². The molecular formula is C20H26N6O2S. The number of rotatable bonds is 6. The molecule has 2 aromatic heterocycles. The Hall–Kier alpha value is -2.52. The predicted octanol–water partition coefficient (Wildman–Crippen LogP) is 2.75. The van der Waals surface area contributed by atoms with E-state index >= 15 is 0 Å². The minimum absolute atomic E-state index is 0.283.